The van der Waals surface area contributed by atoms with Crippen LogP contribution in [0.5, 0.6) is 0 Å². The summed E-state index contributed by atoms with van der Waals surface area (Å²) in [4.78, 5) is 3.00. The Kier molecular flexibility index (Phi) is 9.51. The largest absolute Gasteiger partial charge is 0.140 e. The molecule has 2 heterocycles. The third kappa shape index (κ3) is 6.69. The van der Waals surface area contributed by atoms with E-state index in [-0.39, 0.29) is 0 Å². The minimum absolute atomic E-state index is 1.11. The molecule has 0 spiro atoms. The van der Waals surface area contributed by atoms with Gasteiger partial charge in [-0.15, -0.1) is 22.7 Å². The molecule has 0 bridgehead atoms. The van der Waals surface area contributed by atoms with E-state index in [1.807, 2.05) is 22.7 Å². The van der Waals surface area contributed by atoms with E-state index in [1.54, 1.807) is 0 Å². The molecule has 0 saturated heterocycles. The summed E-state index contributed by atoms with van der Waals surface area (Å²) in [5, 5.41) is 2.81. The molecule has 0 atom stereocenters. The highest BCUT2D eigenvalue weighted by molar-refractivity contribution is 7.20. The summed E-state index contributed by atoms with van der Waals surface area (Å²) in [6, 6.07) is 33.0. The zero-order valence-electron chi connectivity index (χ0n) is 27.1. The Morgan fingerprint density at radius 1 is 0.422 bits per heavy atom. The van der Waals surface area contributed by atoms with Crippen LogP contribution in [-0.2, 0) is 38.5 Å². The van der Waals surface area contributed by atoms with Gasteiger partial charge >= 0.3 is 0 Å². The van der Waals surface area contributed by atoms with Gasteiger partial charge in [0.1, 0.15) is 0 Å². The maximum Gasteiger partial charge on any atom is 0.0430 e. The average Bonchev–Trinajstić information content (AvgIpc) is 3.67. The van der Waals surface area contributed by atoms with Gasteiger partial charge in [0.15, 0.2) is 0 Å². The molecule has 0 N–H and O–H groups in total. The molecule has 6 aromatic rings. The van der Waals surface area contributed by atoms with Gasteiger partial charge in [-0.3, -0.25) is 0 Å². The molecular formula is C43H46S2. The minimum atomic E-state index is 1.11. The van der Waals surface area contributed by atoms with Crippen LogP contribution in [-0.4, -0.2) is 0 Å². The second-order valence-electron chi connectivity index (χ2n) is 13.1. The van der Waals surface area contributed by atoms with Crippen molar-refractivity contribution in [3.05, 3.63) is 117 Å². The second-order valence-corrected chi connectivity index (χ2v) is 15.4. The van der Waals surface area contributed by atoms with Gasteiger partial charge in [-0.25, -0.2) is 0 Å². The number of fused-ring (bicyclic) bond motifs is 8. The summed E-state index contributed by atoms with van der Waals surface area (Å²) >= 11 is 4.03. The van der Waals surface area contributed by atoms with Crippen molar-refractivity contribution >= 4 is 42.8 Å². The van der Waals surface area contributed by atoms with E-state index in [4.69, 9.17) is 0 Å². The molecule has 4 aromatic carbocycles. The third-order valence-electron chi connectivity index (χ3n) is 9.86. The lowest BCUT2D eigenvalue weighted by Crippen LogP contribution is -1.98. The molecule has 0 aliphatic heterocycles. The topological polar surface area (TPSA) is 0 Å². The monoisotopic (exact) mass is 626 g/mol. The smallest absolute Gasteiger partial charge is 0.0430 e. The van der Waals surface area contributed by atoms with Crippen LogP contribution >= 0.6 is 22.7 Å². The first-order chi connectivity index (χ1) is 22.2. The van der Waals surface area contributed by atoms with E-state index in [1.165, 1.54) is 126 Å². The predicted molar refractivity (Wildman–Crippen MR) is 200 cm³/mol. The molecule has 0 amide bonds. The summed E-state index contributed by atoms with van der Waals surface area (Å²) < 4.78 is 2.95. The lowest BCUT2D eigenvalue weighted by molar-refractivity contribution is 0.589. The molecule has 2 heteroatoms. The molecular weight excluding hydrogens is 581 g/mol. The van der Waals surface area contributed by atoms with Gasteiger partial charge in [-0.2, -0.15) is 0 Å². The fraction of sp³-hybridized carbons (Fsp3) is 0.349. The van der Waals surface area contributed by atoms with Crippen molar-refractivity contribution in [1.29, 1.82) is 0 Å². The van der Waals surface area contributed by atoms with Crippen LogP contribution in [0, 0.1) is 0 Å². The molecule has 230 valence electrons. The van der Waals surface area contributed by atoms with Crippen molar-refractivity contribution in [1.82, 2.24) is 0 Å². The van der Waals surface area contributed by atoms with E-state index >= 15 is 0 Å². The molecule has 45 heavy (non-hydrogen) atoms. The summed E-state index contributed by atoms with van der Waals surface area (Å²) in [7, 11) is 0. The quantitative estimate of drug-likeness (QED) is 0.0993. The zero-order valence-corrected chi connectivity index (χ0v) is 28.7. The van der Waals surface area contributed by atoms with Gasteiger partial charge in [0.25, 0.3) is 0 Å². The van der Waals surface area contributed by atoms with Gasteiger partial charge in [-0.05, 0) is 101 Å². The summed E-state index contributed by atoms with van der Waals surface area (Å²) in [6.45, 7) is 4.52. The molecule has 1 aliphatic carbocycles. The van der Waals surface area contributed by atoms with Crippen LogP contribution in [0.4, 0.5) is 0 Å². The van der Waals surface area contributed by atoms with Gasteiger partial charge in [0, 0.05) is 30.3 Å². The molecule has 0 saturated carbocycles. The summed E-state index contributed by atoms with van der Waals surface area (Å²) in [5.41, 5.74) is 11.7. The Hall–Kier alpha value is -3.20. The van der Waals surface area contributed by atoms with Crippen LogP contribution in [0.1, 0.15) is 90.8 Å². The maximum absolute atomic E-state index is 2.45. The normalized spacial score (nSPS) is 12.0. The van der Waals surface area contributed by atoms with Crippen molar-refractivity contribution in [2.24, 2.45) is 0 Å². The molecule has 0 fully saturated rings. The number of thiophene rings is 2. The highest BCUT2D eigenvalue weighted by atomic mass is 32.1. The number of unbranched alkanes of at least 4 members (excludes halogenated alkanes) is 6. The minimum Gasteiger partial charge on any atom is -0.140 e. The first-order valence-electron chi connectivity index (χ1n) is 17.5. The Bertz CT molecular complexity index is 1880. The fourth-order valence-electron chi connectivity index (χ4n) is 7.08. The Morgan fingerprint density at radius 3 is 1.36 bits per heavy atom. The van der Waals surface area contributed by atoms with Crippen LogP contribution in [0.3, 0.4) is 0 Å². The zero-order chi connectivity index (χ0) is 30.6. The summed E-state index contributed by atoms with van der Waals surface area (Å²) in [6.07, 6.45) is 16.4. The van der Waals surface area contributed by atoms with Crippen LogP contribution < -0.4 is 0 Å². The molecule has 7 rings (SSSR count). The molecule has 0 nitrogen and oxygen atoms in total. The number of rotatable bonds is 15. The van der Waals surface area contributed by atoms with Crippen LogP contribution in [0.15, 0.2) is 84.9 Å². The maximum atomic E-state index is 2.45. The van der Waals surface area contributed by atoms with Crippen LogP contribution in [0.25, 0.3) is 42.4 Å². The van der Waals surface area contributed by atoms with Gasteiger partial charge in [0.05, 0.1) is 0 Å². The fourth-order valence-corrected chi connectivity index (χ4v) is 9.52. The predicted octanol–water partition coefficient (Wildman–Crippen LogP) is 13.2. The Morgan fingerprint density at radius 2 is 0.867 bits per heavy atom. The van der Waals surface area contributed by atoms with Crippen molar-refractivity contribution < 1.29 is 0 Å². The standard InChI is InChI=1S/C43H46S2/c1-3-5-6-7-8-9-10-11-31-16-18-33(19-17-31)21-25-37-29-35-23-27-39-40-38(41(39)43(35)45-37)26-22-34-28-36(44-42(34)40)24-20-32-14-12-30(4-2)13-15-32/h12-19,22-23,26-29H,3-11,20-21,24-25H2,1-2H3. The van der Waals surface area contributed by atoms with Crippen molar-refractivity contribution in [3.8, 4) is 22.3 Å². The van der Waals surface area contributed by atoms with Gasteiger partial charge in [-0.1, -0.05) is 125 Å². The van der Waals surface area contributed by atoms with E-state index in [2.05, 4.69) is 98.8 Å². The SMILES string of the molecule is CCCCCCCCCc1ccc(CCc2cc3ccc4c(c3s2)-c2ccc3cc(CCc5ccc(CC)cc5)sc3c2-4)cc1. The van der Waals surface area contributed by atoms with Crippen molar-refractivity contribution in [2.75, 3.05) is 0 Å². The van der Waals surface area contributed by atoms with Gasteiger partial charge in [0.2, 0.25) is 0 Å². The van der Waals surface area contributed by atoms with Crippen molar-refractivity contribution in [3.63, 3.8) is 0 Å². The number of hydrogen-bond acceptors (Lipinski definition) is 2. The highest BCUT2D eigenvalue weighted by Gasteiger charge is 2.28. The van der Waals surface area contributed by atoms with E-state index in [0.29, 0.717) is 0 Å². The molecule has 2 aromatic heterocycles. The number of hydrogen-bond donors (Lipinski definition) is 0. The van der Waals surface area contributed by atoms with E-state index < -0.39 is 0 Å². The lowest BCUT2D eigenvalue weighted by atomic mass is 9.79. The Labute approximate surface area is 278 Å². The van der Waals surface area contributed by atoms with Gasteiger partial charge < -0.3 is 0 Å². The Balaban J connectivity index is 0.981. The second kappa shape index (κ2) is 14.1. The first-order valence-corrected chi connectivity index (χ1v) is 19.1. The van der Waals surface area contributed by atoms with Crippen molar-refractivity contribution in [2.45, 2.75) is 97.3 Å². The highest BCUT2D eigenvalue weighted by Crippen LogP contribution is 2.56. The lowest BCUT2D eigenvalue weighted by Gasteiger charge is -2.25. The summed E-state index contributed by atoms with van der Waals surface area (Å²) in [5.74, 6) is 0. The van der Waals surface area contributed by atoms with E-state index in [0.717, 1.165) is 32.1 Å². The number of aryl methyl sites for hydroxylation is 6. The first kappa shape index (κ1) is 30.5. The van der Waals surface area contributed by atoms with E-state index in [9.17, 15) is 0 Å². The average molecular weight is 627 g/mol. The molecule has 1 aliphatic rings. The molecule has 0 unspecified atom stereocenters. The molecule has 0 radical (unpaired) electrons. The third-order valence-corrected chi connectivity index (χ3v) is 12.3. The van der Waals surface area contributed by atoms with Crippen LogP contribution in [0.2, 0.25) is 0 Å². The number of benzene rings is 4.